The van der Waals surface area contributed by atoms with Gasteiger partial charge in [-0.15, -0.1) is 0 Å². The van der Waals surface area contributed by atoms with E-state index in [2.05, 4.69) is 22.6 Å². The van der Waals surface area contributed by atoms with E-state index in [4.69, 9.17) is 0 Å². The van der Waals surface area contributed by atoms with Crippen molar-refractivity contribution >= 4 is 34.5 Å². The predicted molar refractivity (Wildman–Crippen MR) is 79.0 cm³/mol. The lowest BCUT2D eigenvalue weighted by Crippen LogP contribution is -1.92. The first-order chi connectivity index (χ1) is 8.27. The Morgan fingerprint density at radius 2 is 1.59 bits per heavy atom. The molecule has 0 aliphatic carbocycles. The second kappa shape index (κ2) is 5.77. The highest BCUT2D eigenvalue weighted by Crippen LogP contribution is 2.13. The first-order valence-electron chi connectivity index (χ1n) is 5.29. The average molecular weight is 334 g/mol. The van der Waals surface area contributed by atoms with Crippen LogP contribution in [0.15, 0.2) is 60.7 Å². The SMILES string of the molecule is O=C(C=Cc1ccccc1I)c1ccccc1. The first-order valence-corrected chi connectivity index (χ1v) is 6.37. The summed E-state index contributed by atoms with van der Waals surface area (Å²) in [7, 11) is 0. The topological polar surface area (TPSA) is 17.1 Å². The van der Waals surface area contributed by atoms with E-state index in [0.717, 1.165) is 14.7 Å². The molecule has 0 fully saturated rings. The van der Waals surface area contributed by atoms with E-state index < -0.39 is 0 Å². The monoisotopic (exact) mass is 334 g/mol. The van der Waals surface area contributed by atoms with Crippen molar-refractivity contribution in [1.29, 1.82) is 0 Å². The number of benzene rings is 2. The number of allylic oxidation sites excluding steroid dienone is 1. The number of hydrogen-bond donors (Lipinski definition) is 0. The van der Waals surface area contributed by atoms with E-state index in [-0.39, 0.29) is 5.78 Å². The van der Waals surface area contributed by atoms with Gasteiger partial charge in [-0.1, -0.05) is 54.6 Å². The molecule has 2 aromatic carbocycles. The highest BCUT2D eigenvalue weighted by molar-refractivity contribution is 14.1. The van der Waals surface area contributed by atoms with Crippen LogP contribution in [0.4, 0.5) is 0 Å². The van der Waals surface area contributed by atoms with Gasteiger partial charge in [-0.05, 0) is 40.3 Å². The maximum atomic E-state index is 11.8. The van der Waals surface area contributed by atoms with Crippen molar-refractivity contribution in [2.24, 2.45) is 0 Å². The Kier molecular flexibility index (Phi) is 4.09. The lowest BCUT2D eigenvalue weighted by Gasteiger charge is -1.97. The molecule has 0 heterocycles. The van der Waals surface area contributed by atoms with Crippen LogP contribution < -0.4 is 0 Å². The fraction of sp³-hybridized carbons (Fsp3) is 0. The Bertz CT molecular complexity index is 544. The Balaban J connectivity index is 2.17. The second-order valence-electron chi connectivity index (χ2n) is 3.59. The minimum atomic E-state index is 0.0326. The molecule has 0 spiro atoms. The molecule has 2 aromatic rings. The molecule has 0 unspecified atom stereocenters. The standard InChI is InChI=1S/C15H11IO/c16-14-9-5-4-6-12(14)10-11-15(17)13-7-2-1-3-8-13/h1-11H. The van der Waals surface area contributed by atoms with Gasteiger partial charge in [0.15, 0.2) is 5.78 Å². The largest absolute Gasteiger partial charge is 0.289 e. The zero-order valence-corrected chi connectivity index (χ0v) is 11.3. The van der Waals surface area contributed by atoms with Crippen molar-refractivity contribution in [3.8, 4) is 0 Å². The van der Waals surface area contributed by atoms with Gasteiger partial charge in [0.2, 0.25) is 0 Å². The van der Waals surface area contributed by atoms with Gasteiger partial charge in [-0.25, -0.2) is 0 Å². The smallest absolute Gasteiger partial charge is 0.185 e. The quantitative estimate of drug-likeness (QED) is 0.467. The molecular formula is C15H11IO. The molecule has 0 radical (unpaired) electrons. The summed E-state index contributed by atoms with van der Waals surface area (Å²) in [5, 5.41) is 0. The third kappa shape index (κ3) is 3.27. The van der Waals surface area contributed by atoms with E-state index in [0.29, 0.717) is 0 Å². The van der Waals surface area contributed by atoms with Gasteiger partial charge in [0.05, 0.1) is 0 Å². The van der Waals surface area contributed by atoms with Gasteiger partial charge in [0.1, 0.15) is 0 Å². The predicted octanol–water partition coefficient (Wildman–Crippen LogP) is 4.19. The molecule has 0 aromatic heterocycles. The van der Waals surface area contributed by atoms with Crippen LogP contribution in [0.5, 0.6) is 0 Å². The van der Waals surface area contributed by atoms with Gasteiger partial charge >= 0.3 is 0 Å². The summed E-state index contributed by atoms with van der Waals surface area (Å²) < 4.78 is 1.14. The van der Waals surface area contributed by atoms with Crippen LogP contribution >= 0.6 is 22.6 Å². The minimum Gasteiger partial charge on any atom is -0.289 e. The fourth-order valence-electron chi connectivity index (χ4n) is 1.47. The molecule has 0 bridgehead atoms. The van der Waals surface area contributed by atoms with Crippen LogP contribution in [-0.4, -0.2) is 5.78 Å². The van der Waals surface area contributed by atoms with Crippen LogP contribution in [0.3, 0.4) is 0 Å². The van der Waals surface area contributed by atoms with Crippen molar-refractivity contribution in [3.05, 3.63) is 75.4 Å². The lowest BCUT2D eigenvalue weighted by atomic mass is 10.1. The maximum Gasteiger partial charge on any atom is 0.185 e. The molecular weight excluding hydrogens is 323 g/mol. The zero-order valence-electron chi connectivity index (χ0n) is 9.14. The Hall–Kier alpha value is -1.42. The number of carbonyl (C=O) groups is 1. The maximum absolute atomic E-state index is 11.8. The number of rotatable bonds is 3. The van der Waals surface area contributed by atoms with Crippen LogP contribution in [-0.2, 0) is 0 Å². The zero-order chi connectivity index (χ0) is 12.1. The molecule has 2 heteroatoms. The van der Waals surface area contributed by atoms with Crippen LogP contribution in [0, 0.1) is 3.57 Å². The Morgan fingerprint density at radius 1 is 0.941 bits per heavy atom. The third-order valence-corrected chi connectivity index (χ3v) is 3.36. The molecule has 0 saturated heterocycles. The lowest BCUT2D eigenvalue weighted by molar-refractivity contribution is 0.104. The molecule has 0 atom stereocenters. The summed E-state index contributed by atoms with van der Waals surface area (Å²) >= 11 is 2.26. The first kappa shape index (κ1) is 12.0. The van der Waals surface area contributed by atoms with Crippen LogP contribution in [0.1, 0.15) is 15.9 Å². The molecule has 0 amide bonds. The highest BCUT2D eigenvalue weighted by Gasteiger charge is 2.00. The molecule has 84 valence electrons. The number of carbonyl (C=O) groups excluding carboxylic acids is 1. The molecule has 1 nitrogen and oxygen atoms in total. The summed E-state index contributed by atoms with van der Waals surface area (Å²) in [6.07, 6.45) is 3.48. The second-order valence-corrected chi connectivity index (χ2v) is 4.75. The molecule has 0 N–H and O–H groups in total. The van der Waals surface area contributed by atoms with Crippen molar-refractivity contribution in [1.82, 2.24) is 0 Å². The molecule has 17 heavy (non-hydrogen) atoms. The van der Waals surface area contributed by atoms with Gasteiger partial charge in [-0.3, -0.25) is 4.79 Å². The van der Waals surface area contributed by atoms with Crippen molar-refractivity contribution in [3.63, 3.8) is 0 Å². The molecule has 2 rings (SSSR count). The van der Waals surface area contributed by atoms with E-state index >= 15 is 0 Å². The minimum absolute atomic E-state index is 0.0326. The number of hydrogen-bond acceptors (Lipinski definition) is 1. The van der Waals surface area contributed by atoms with Gasteiger partial charge in [-0.2, -0.15) is 0 Å². The van der Waals surface area contributed by atoms with Gasteiger partial charge < -0.3 is 0 Å². The molecule has 0 aliphatic rings. The number of ketones is 1. The van der Waals surface area contributed by atoms with E-state index in [1.807, 2.05) is 60.7 Å². The van der Waals surface area contributed by atoms with Gasteiger partial charge in [0, 0.05) is 9.13 Å². The fourth-order valence-corrected chi connectivity index (χ4v) is 2.04. The number of halogens is 1. The van der Waals surface area contributed by atoms with Crippen molar-refractivity contribution < 1.29 is 4.79 Å². The third-order valence-electron chi connectivity index (χ3n) is 2.38. The van der Waals surface area contributed by atoms with E-state index in [1.54, 1.807) is 6.08 Å². The van der Waals surface area contributed by atoms with Crippen LogP contribution in [0.2, 0.25) is 0 Å². The summed E-state index contributed by atoms with van der Waals surface area (Å²) in [6, 6.07) is 17.3. The summed E-state index contributed by atoms with van der Waals surface area (Å²) in [4.78, 5) is 11.8. The summed E-state index contributed by atoms with van der Waals surface area (Å²) in [5.74, 6) is 0.0326. The average Bonchev–Trinajstić information content (AvgIpc) is 2.38. The summed E-state index contributed by atoms with van der Waals surface area (Å²) in [6.45, 7) is 0. The van der Waals surface area contributed by atoms with E-state index in [1.165, 1.54) is 0 Å². The molecule has 0 aliphatic heterocycles. The molecule has 0 saturated carbocycles. The Labute approximate surface area is 114 Å². The Morgan fingerprint density at radius 3 is 2.29 bits per heavy atom. The van der Waals surface area contributed by atoms with Gasteiger partial charge in [0.25, 0.3) is 0 Å². The van der Waals surface area contributed by atoms with Crippen molar-refractivity contribution in [2.75, 3.05) is 0 Å². The highest BCUT2D eigenvalue weighted by atomic mass is 127. The normalized spacial score (nSPS) is 10.6. The van der Waals surface area contributed by atoms with Crippen LogP contribution in [0.25, 0.3) is 6.08 Å². The van der Waals surface area contributed by atoms with Crippen molar-refractivity contribution in [2.45, 2.75) is 0 Å². The van der Waals surface area contributed by atoms with E-state index in [9.17, 15) is 4.79 Å². The summed E-state index contributed by atoms with van der Waals surface area (Å²) in [5.41, 5.74) is 1.78.